The number of aromatic nitrogens is 2. The molecule has 4 aromatic rings. The molecule has 0 fully saturated rings. The Bertz CT molecular complexity index is 1450. The number of aryl methyl sites for hydroxylation is 1. The van der Waals surface area contributed by atoms with Crippen LogP contribution in [0.2, 0.25) is 0 Å². The van der Waals surface area contributed by atoms with E-state index in [1.807, 2.05) is 19.1 Å². The molecule has 0 aliphatic heterocycles. The van der Waals surface area contributed by atoms with Gasteiger partial charge in [-0.15, -0.1) is 10.2 Å². The molecule has 9 nitrogen and oxygen atoms in total. The van der Waals surface area contributed by atoms with Crippen molar-refractivity contribution in [3.63, 3.8) is 0 Å². The number of rotatable bonds is 9. The third kappa shape index (κ3) is 5.47. The third-order valence-electron chi connectivity index (χ3n) is 5.26. The van der Waals surface area contributed by atoms with E-state index in [0.29, 0.717) is 16.5 Å². The normalized spacial score (nSPS) is 11.1. The fraction of sp³-hybridized carbons (Fsp3) is 0.160. The van der Waals surface area contributed by atoms with Crippen molar-refractivity contribution in [1.82, 2.24) is 10.2 Å². The largest absolute Gasteiger partial charge is 0.497 e. The Hall–Kier alpha value is -3.96. The van der Waals surface area contributed by atoms with Gasteiger partial charge in [0.15, 0.2) is 0 Å². The van der Waals surface area contributed by atoms with Crippen LogP contribution in [0.15, 0.2) is 77.7 Å². The molecule has 186 valence electrons. The Morgan fingerprint density at radius 1 is 0.944 bits per heavy atom. The Labute approximate surface area is 213 Å². The van der Waals surface area contributed by atoms with E-state index in [-0.39, 0.29) is 15.7 Å². The zero-order chi connectivity index (χ0) is 25.7. The number of hydrogen-bond donors (Lipinski definition) is 1. The van der Waals surface area contributed by atoms with Crippen LogP contribution >= 0.6 is 11.3 Å². The zero-order valence-corrected chi connectivity index (χ0v) is 21.5. The average molecular weight is 525 g/mol. The van der Waals surface area contributed by atoms with E-state index in [4.69, 9.17) is 9.47 Å². The van der Waals surface area contributed by atoms with Crippen molar-refractivity contribution in [2.45, 2.75) is 11.8 Å². The first-order chi connectivity index (χ1) is 17.3. The smallest absolute Gasteiger partial charge is 0.264 e. The first-order valence-electron chi connectivity index (χ1n) is 10.8. The Kier molecular flexibility index (Phi) is 7.51. The van der Waals surface area contributed by atoms with Gasteiger partial charge in [-0.05, 0) is 55.5 Å². The number of carbonyl (C=O) groups is 1. The maximum Gasteiger partial charge on any atom is 0.264 e. The summed E-state index contributed by atoms with van der Waals surface area (Å²) in [6.07, 6.45) is 0. The summed E-state index contributed by atoms with van der Waals surface area (Å²) in [7, 11) is -1.06. The standard InChI is InChI=1S/C25H24N4O5S2/c1-17-8-14-20(15-9-17)36(31,32)29(21-6-4-5-7-22(21)34-3)16-23(30)26-25-28-27-24(35-25)18-10-12-19(33-2)13-11-18/h4-15H,16H2,1-3H3,(H,26,28,30). The van der Waals surface area contributed by atoms with Gasteiger partial charge in [-0.25, -0.2) is 8.42 Å². The average Bonchev–Trinajstić information content (AvgIpc) is 3.35. The Morgan fingerprint density at radius 3 is 2.31 bits per heavy atom. The number of hydrogen-bond acceptors (Lipinski definition) is 8. The summed E-state index contributed by atoms with van der Waals surface area (Å²) >= 11 is 1.18. The lowest BCUT2D eigenvalue weighted by Gasteiger charge is -2.25. The topological polar surface area (TPSA) is 111 Å². The molecule has 4 rings (SSSR count). The van der Waals surface area contributed by atoms with Crippen molar-refractivity contribution in [3.8, 4) is 22.1 Å². The zero-order valence-electron chi connectivity index (χ0n) is 19.8. The second-order valence-electron chi connectivity index (χ2n) is 7.69. The van der Waals surface area contributed by atoms with E-state index in [2.05, 4.69) is 15.5 Å². The number of para-hydroxylation sites is 2. The minimum atomic E-state index is -4.09. The predicted molar refractivity (Wildman–Crippen MR) is 139 cm³/mol. The molecule has 0 unspecified atom stereocenters. The van der Waals surface area contributed by atoms with Crippen molar-refractivity contribution in [1.29, 1.82) is 0 Å². The highest BCUT2D eigenvalue weighted by Gasteiger charge is 2.29. The Morgan fingerprint density at radius 2 is 1.64 bits per heavy atom. The van der Waals surface area contributed by atoms with Crippen LogP contribution in [0.3, 0.4) is 0 Å². The van der Waals surface area contributed by atoms with Gasteiger partial charge in [0, 0.05) is 5.56 Å². The number of carbonyl (C=O) groups excluding carboxylic acids is 1. The van der Waals surface area contributed by atoms with E-state index in [9.17, 15) is 13.2 Å². The van der Waals surface area contributed by atoms with E-state index in [0.717, 1.165) is 15.4 Å². The van der Waals surface area contributed by atoms with Crippen LogP contribution in [0.5, 0.6) is 11.5 Å². The molecule has 1 amide bonds. The molecule has 0 aliphatic carbocycles. The van der Waals surface area contributed by atoms with Crippen molar-refractivity contribution in [2.75, 3.05) is 30.4 Å². The van der Waals surface area contributed by atoms with Gasteiger partial charge in [-0.3, -0.25) is 14.4 Å². The lowest BCUT2D eigenvalue weighted by atomic mass is 10.2. The van der Waals surface area contributed by atoms with E-state index in [1.165, 1.54) is 30.6 Å². The molecule has 3 aromatic carbocycles. The number of methoxy groups -OCH3 is 2. The van der Waals surface area contributed by atoms with Gasteiger partial charge in [0.25, 0.3) is 10.0 Å². The van der Waals surface area contributed by atoms with Gasteiger partial charge in [0.05, 0.1) is 24.8 Å². The number of anilines is 2. The number of ether oxygens (including phenoxy) is 2. The van der Waals surface area contributed by atoms with Gasteiger partial charge < -0.3 is 9.47 Å². The highest BCUT2D eigenvalue weighted by molar-refractivity contribution is 7.92. The second-order valence-corrected chi connectivity index (χ2v) is 10.5. The SMILES string of the molecule is COc1ccc(-c2nnc(NC(=O)CN(c3ccccc3OC)S(=O)(=O)c3ccc(C)cc3)s2)cc1. The molecule has 0 atom stereocenters. The molecule has 1 heterocycles. The summed E-state index contributed by atoms with van der Waals surface area (Å²) < 4.78 is 38.8. The lowest BCUT2D eigenvalue weighted by Crippen LogP contribution is -2.38. The first kappa shape index (κ1) is 25.1. The molecule has 0 bridgehead atoms. The van der Waals surface area contributed by atoms with E-state index in [1.54, 1.807) is 55.6 Å². The lowest BCUT2D eigenvalue weighted by molar-refractivity contribution is -0.114. The van der Waals surface area contributed by atoms with Crippen molar-refractivity contribution < 1.29 is 22.7 Å². The second kappa shape index (κ2) is 10.8. The van der Waals surface area contributed by atoms with Gasteiger partial charge in [-0.2, -0.15) is 0 Å². The van der Waals surface area contributed by atoms with Crippen molar-refractivity contribution in [2.24, 2.45) is 0 Å². The molecule has 1 N–H and O–H groups in total. The summed E-state index contributed by atoms with van der Waals surface area (Å²) in [6.45, 7) is 1.37. The van der Waals surface area contributed by atoms with Crippen LogP contribution in [-0.2, 0) is 14.8 Å². The van der Waals surface area contributed by atoms with Gasteiger partial charge in [0.1, 0.15) is 23.1 Å². The summed E-state index contributed by atoms with van der Waals surface area (Å²) in [6, 6.07) is 20.3. The van der Waals surface area contributed by atoms with Crippen molar-refractivity contribution in [3.05, 3.63) is 78.4 Å². The van der Waals surface area contributed by atoms with Crippen molar-refractivity contribution >= 4 is 38.1 Å². The summed E-state index contributed by atoms with van der Waals surface area (Å²) in [4.78, 5) is 13.1. The number of amides is 1. The van der Waals surface area contributed by atoms with Gasteiger partial charge in [-0.1, -0.05) is 41.2 Å². The van der Waals surface area contributed by atoms with Crippen LogP contribution in [-0.4, -0.2) is 45.3 Å². The van der Waals surface area contributed by atoms with Crippen LogP contribution in [0.4, 0.5) is 10.8 Å². The molecular formula is C25H24N4O5S2. The molecule has 36 heavy (non-hydrogen) atoms. The Balaban J connectivity index is 1.60. The third-order valence-corrected chi connectivity index (χ3v) is 7.92. The molecule has 1 aromatic heterocycles. The molecule has 0 radical (unpaired) electrons. The van der Waals surface area contributed by atoms with Gasteiger partial charge in [0.2, 0.25) is 11.0 Å². The van der Waals surface area contributed by atoms with Gasteiger partial charge >= 0.3 is 0 Å². The van der Waals surface area contributed by atoms with Crippen LogP contribution in [0.1, 0.15) is 5.56 Å². The summed E-state index contributed by atoms with van der Waals surface area (Å²) in [5, 5.41) is 11.7. The minimum Gasteiger partial charge on any atom is -0.497 e. The fourth-order valence-electron chi connectivity index (χ4n) is 3.39. The van der Waals surface area contributed by atoms with Crippen LogP contribution in [0.25, 0.3) is 10.6 Å². The summed E-state index contributed by atoms with van der Waals surface area (Å²) in [5.41, 5.74) is 1.97. The number of nitrogens with zero attached hydrogens (tertiary/aromatic N) is 3. The highest BCUT2D eigenvalue weighted by Crippen LogP contribution is 2.33. The molecular weight excluding hydrogens is 500 g/mol. The van der Waals surface area contributed by atoms with E-state index < -0.39 is 22.5 Å². The monoisotopic (exact) mass is 524 g/mol. The number of sulfonamides is 1. The van der Waals surface area contributed by atoms with Crippen LogP contribution in [0, 0.1) is 6.92 Å². The van der Waals surface area contributed by atoms with Crippen LogP contribution < -0.4 is 19.1 Å². The molecule has 0 saturated carbocycles. The quantitative estimate of drug-likeness (QED) is 0.346. The molecule has 11 heteroatoms. The molecule has 0 aliphatic rings. The predicted octanol–water partition coefficient (Wildman–Crippen LogP) is 4.36. The minimum absolute atomic E-state index is 0.0597. The maximum absolute atomic E-state index is 13.6. The fourth-order valence-corrected chi connectivity index (χ4v) is 5.58. The van der Waals surface area contributed by atoms with E-state index >= 15 is 0 Å². The number of nitrogens with one attached hydrogen (secondary N) is 1. The molecule has 0 spiro atoms. The summed E-state index contributed by atoms with van der Waals surface area (Å²) in [5.74, 6) is 0.454. The first-order valence-corrected chi connectivity index (χ1v) is 13.1. The number of benzene rings is 3. The molecule has 0 saturated heterocycles. The maximum atomic E-state index is 13.6. The highest BCUT2D eigenvalue weighted by atomic mass is 32.2.